The Labute approximate surface area is 173 Å². The molecule has 0 saturated carbocycles. The van der Waals surface area contributed by atoms with E-state index in [0.717, 1.165) is 10.6 Å². The van der Waals surface area contributed by atoms with Crippen molar-refractivity contribution in [1.29, 1.82) is 0 Å². The van der Waals surface area contributed by atoms with E-state index < -0.39 is 0 Å². The lowest BCUT2D eigenvalue weighted by molar-refractivity contribution is -0.113. The maximum Gasteiger partial charge on any atom is 0.265 e. The first kappa shape index (κ1) is 19.9. The Morgan fingerprint density at radius 3 is 2.81 bits per heavy atom. The number of carbonyl (C=O) groups is 2. The Kier molecular flexibility index (Phi) is 7.27. The lowest BCUT2D eigenvalue weighted by Gasteiger charge is -2.06. The van der Waals surface area contributed by atoms with Crippen LogP contribution in [0.4, 0.5) is 10.8 Å². The fourth-order valence-electron chi connectivity index (χ4n) is 2.02. The highest BCUT2D eigenvalue weighted by atomic mass is 32.2. The maximum atomic E-state index is 12.1. The topological polar surface area (TPSA) is 84.0 Å². The summed E-state index contributed by atoms with van der Waals surface area (Å²) in [6.45, 7) is 2.03. The molecule has 140 valence electrons. The molecule has 6 nitrogen and oxygen atoms in total. The minimum absolute atomic E-state index is 0.137. The number of hydrogen-bond donors (Lipinski definition) is 2. The van der Waals surface area contributed by atoms with Crippen LogP contribution in [-0.2, 0) is 4.79 Å². The molecular weight excluding hydrogens is 420 g/mol. The highest BCUT2D eigenvalue weighted by molar-refractivity contribution is 8.00. The summed E-state index contributed by atoms with van der Waals surface area (Å²) in [6.07, 6.45) is 0. The van der Waals surface area contributed by atoms with Gasteiger partial charge in [-0.3, -0.25) is 14.9 Å². The predicted octanol–water partition coefficient (Wildman–Crippen LogP) is 4.69. The first-order valence-corrected chi connectivity index (χ1v) is 11.6. The molecule has 0 fully saturated rings. The van der Waals surface area contributed by atoms with Crippen molar-refractivity contribution in [3.63, 3.8) is 0 Å². The number of nitrogens with one attached hydrogen (secondary N) is 2. The normalized spacial score (nSPS) is 10.6. The molecule has 1 aromatic carbocycles. The Morgan fingerprint density at radius 2 is 2.04 bits per heavy atom. The Morgan fingerprint density at radius 1 is 1.15 bits per heavy atom. The highest BCUT2D eigenvalue weighted by Crippen LogP contribution is 2.24. The second-order valence-corrected chi connectivity index (χ2v) is 9.09. The van der Waals surface area contributed by atoms with E-state index in [4.69, 9.17) is 0 Å². The third-order valence-electron chi connectivity index (χ3n) is 3.13. The second-order valence-electron chi connectivity index (χ2n) is 5.11. The molecule has 0 radical (unpaired) electrons. The van der Waals surface area contributed by atoms with E-state index in [1.54, 1.807) is 6.07 Å². The van der Waals surface area contributed by atoms with Crippen LogP contribution in [-0.4, -0.2) is 32.7 Å². The average Bonchev–Trinajstić information content (AvgIpc) is 3.33. The molecule has 0 atom stereocenters. The van der Waals surface area contributed by atoms with Crippen molar-refractivity contribution in [3.05, 3.63) is 46.7 Å². The van der Waals surface area contributed by atoms with E-state index in [-0.39, 0.29) is 17.6 Å². The van der Waals surface area contributed by atoms with Gasteiger partial charge in [0.2, 0.25) is 16.2 Å². The summed E-state index contributed by atoms with van der Waals surface area (Å²) in [5.74, 6) is 0.858. The van der Waals surface area contributed by atoms with Gasteiger partial charge in [-0.25, -0.2) is 0 Å². The third kappa shape index (κ3) is 6.06. The van der Waals surface area contributed by atoms with Gasteiger partial charge in [-0.15, -0.1) is 23.1 Å². The molecule has 0 spiro atoms. The molecule has 0 bridgehead atoms. The highest BCUT2D eigenvalue weighted by Gasteiger charge is 2.10. The van der Waals surface area contributed by atoms with Crippen molar-refractivity contribution in [2.24, 2.45) is 0 Å². The van der Waals surface area contributed by atoms with Crippen LogP contribution >= 0.6 is 46.4 Å². The Hall–Kier alpha value is -1.88. The van der Waals surface area contributed by atoms with Crippen molar-refractivity contribution >= 4 is 69.0 Å². The van der Waals surface area contributed by atoms with Gasteiger partial charge < -0.3 is 5.32 Å². The Bertz CT molecular complexity index is 911. The minimum atomic E-state index is -0.141. The van der Waals surface area contributed by atoms with Crippen LogP contribution in [0.2, 0.25) is 0 Å². The van der Waals surface area contributed by atoms with Gasteiger partial charge in [-0.05, 0) is 35.4 Å². The summed E-state index contributed by atoms with van der Waals surface area (Å²) >= 11 is 5.50. The zero-order chi connectivity index (χ0) is 19.1. The van der Waals surface area contributed by atoms with E-state index in [2.05, 4.69) is 20.0 Å². The van der Waals surface area contributed by atoms with E-state index >= 15 is 0 Å². The molecule has 0 aliphatic heterocycles. The van der Waals surface area contributed by atoms with Crippen molar-refractivity contribution in [1.82, 2.24) is 9.36 Å². The zero-order valence-corrected chi connectivity index (χ0v) is 17.6. The van der Waals surface area contributed by atoms with E-state index in [9.17, 15) is 9.59 Å². The maximum absolute atomic E-state index is 12.1. The molecule has 0 aliphatic carbocycles. The molecule has 3 rings (SSSR count). The van der Waals surface area contributed by atoms with Crippen LogP contribution in [0.3, 0.4) is 0 Å². The molecule has 3 aromatic rings. The summed E-state index contributed by atoms with van der Waals surface area (Å²) in [7, 11) is 0. The number of carbonyl (C=O) groups excluding carboxylic acids is 2. The number of amides is 2. The van der Waals surface area contributed by atoms with Crippen LogP contribution in [0.25, 0.3) is 0 Å². The Balaban J connectivity index is 1.51. The van der Waals surface area contributed by atoms with Gasteiger partial charge in [-0.1, -0.05) is 30.8 Å². The predicted molar refractivity (Wildman–Crippen MR) is 114 cm³/mol. The molecule has 0 saturated heterocycles. The molecule has 0 unspecified atom stereocenters. The minimum Gasteiger partial charge on any atom is -0.321 e. The summed E-state index contributed by atoms with van der Waals surface area (Å²) in [5.41, 5.74) is 0.698. The van der Waals surface area contributed by atoms with Gasteiger partial charge >= 0.3 is 0 Å². The fourth-order valence-corrected chi connectivity index (χ4v) is 4.68. The van der Waals surface area contributed by atoms with Crippen LogP contribution in [0.15, 0.2) is 51.8 Å². The van der Waals surface area contributed by atoms with Crippen LogP contribution < -0.4 is 10.6 Å². The molecule has 0 aliphatic rings. The summed E-state index contributed by atoms with van der Waals surface area (Å²) in [6, 6.07) is 11.0. The van der Waals surface area contributed by atoms with Gasteiger partial charge in [0, 0.05) is 22.1 Å². The quantitative estimate of drug-likeness (QED) is 0.498. The van der Waals surface area contributed by atoms with Crippen LogP contribution in [0.1, 0.15) is 16.6 Å². The lowest BCUT2D eigenvalue weighted by Crippen LogP contribution is -2.13. The SMILES string of the molecule is CCSc1nsc(NC(=O)CSc2cccc(NC(=O)c3cccs3)c2)n1. The van der Waals surface area contributed by atoms with Crippen molar-refractivity contribution < 1.29 is 9.59 Å². The molecule has 2 aromatic heterocycles. The number of anilines is 2. The number of thiophene rings is 1. The number of hydrogen-bond acceptors (Lipinski definition) is 8. The van der Waals surface area contributed by atoms with Gasteiger partial charge in [0.1, 0.15) is 0 Å². The second kappa shape index (κ2) is 9.88. The van der Waals surface area contributed by atoms with Gasteiger partial charge in [0.25, 0.3) is 5.91 Å². The third-order valence-corrected chi connectivity index (χ3v) is 6.47. The zero-order valence-electron chi connectivity index (χ0n) is 14.3. The average molecular weight is 437 g/mol. The first-order valence-electron chi connectivity index (χ1n) is 7.98. The standard InChI is InChI=1S/C17H16N4O2S4/c1-2-24-17-20-16(27-21-17)19-14(22)10-26-12-6-3-5-11(9-12)18-15(23)13-7-4-8-25-13/h3-9H,2,10H2,1H3,(H,18,23)(H,19,20,21,22). The smallest absolute Gasteiger partial charge is 0.265 e. The van der Waals surface area contributed by atoms with Crippen molar-refractivity contribution in [2.45, 2.75) is 17.0 Å². The summed E-state index contributed by atoms with van der Waals surface area (Å²) in [5, 5.41) is 8.68. The first-order chi connectivity index (χ1) is 13.1. The molecule has 10 heteroatoms. The molecular formula is C17H16N4O2S4. The van der Waals surface area contributed by atoms with Crippen molar-refractivity contribution in [2.75, 3.05) is 22.1 Å². The summed E-state index contributed by atoms with van der Waals surface area (Å²) in [4.78, 5) is 30.0. The van der Waals surface area contributed by atoms with Gasteiger partial charge in [0.15, 0.2) is 0 Å². The van der Waals surface area contributed by atoms with Crippen LogP contribution in [0.5, 0.6) is 0 Å². The number of aromatic nitrogens is 2. The van der Waals surface area contributed by atoms with Gasteiger partial charge in [-0.2, -0.15) is 9.36 Å². The van der Waals surface area contributed by atoms with Crippen molar-refractivity contribution in [3.8, 4) is 0 Å². The van der Waals surface area contributed by atoms with Crippen LogP contribution in [0, 0.1) is 0 Å². The molecule has 27 heavy (non-hydrogen) atoms. The molecule has 2 amide bonds. The van der Waals surface area contributed by atoms with Gasteiger partial charge in [0.05, 0.1) is 10.6 Å². The fraction of sp³-hybridized carbons (Fsp3) is 0.176. The number of nitrogens with zero attached hydrogens (tertiary/aromatic N) is 2. The molecule has 2 N–H and O–H groups in total. The van der Waals surface area contributed by atoms with E-state index in [0.29, 0.717) is 20.9 Å². The largest absolute Gasteiger partial charge is 0.321 e. The summed E-state index contributed by atoms with van der Waals surface area (Å²) < 4.78 is 4.17. The van der Waals surface area contributed by atoms with E-state index in [1.807, 2.05) is 42.6 Å². The monoisotopic (exact) mass is 436 g/mol. The molecule has 2 heterocycles. The lowest BCUT2D eigenvalue weighted by atomic mass is 10.3. The number of benzene rings is 1. The number of rotatable bonds is 8. The number of thioether (sulfide) groups is 2. The van der Waals surface area contributed by atoms with E-state index in [1.165, 1.54) is 46.4 Å².